The number of carbonyl (C=O) groups is 2. The van der Waals surface area contributed by atoms with E-state index >= 15 is 0 Å². The SMILES string of the molecule is CCN(CC)S(=O)(=O)c1ccc(C(=O)OCC(=O)NC2(C#N)CCCCC2)cc1. The van der Waals surface area contributed by atoms with Gasteiger partial charge in [-0.3, -0.25) is 4.79 Å². The molecule has 2 rings (SSSR count). The van der Waals surface area contributed by atoms with Crippen molar-refractivity contribution in [2.24, 2.45) is 0 Å². The number of hydrogen-bond acceptors (Lipinski definition) is 6. The minimum Gasteiger partial charge on any atom is -0.452 e. The number of sulfonamides is 1. The molecule has 1 aromatic rings. The van der Waals surface area contributed by atoms with Crippen LogP contribution in [0.2, 0.25) is 0 Å². The van der Waals surface area contributed by atoms with Gasteiger partial charge < -0.3 is 10.1 Å². The van der Waals surface area contributed by atoms with E-state index in [2.05, 4.69) is 11.4 Å². The van der Waals surface area contributed by atoms with Crippen LogP contribution in [0.5, 0.6) is 0 Å². The molecular weight excluding hydrogens is 394 g/mol. The highest BCUT2D eigenvalue weighted by atomic mass is 32.2. The van der Waals surface area contributed by atoms with Crippen LogP contribution in [0.25, 0.3) is 0 Å². The molecule has 0 heterocycles. The zero-order valence-corrected chi connectivity index (χ0v) is 17.6. The Morgan fingerprint density at radius 3 is 2.24 bits per heavy atom. The van der Waals surface area contributed by atoms with Crippen molar-refractivity contribution in [1.82, 2.24) is 9.62 Å². The van der Waals surface area contributed by atoms with Crippen LogP contribution in [0.1, 0.15) is 56.3 Å². The Hall–Kier alpha value is -2.44. The van der Waals surface area contributed by atoms with E-state index in [-0.39, 0.29) is 10.5 Å². The number of esters is 1. The van der Waals surface area contributed by atoms with Crippen molar-refractivity contribution >= 4 is 21.9 Å². The van der Waals surface area contributed by atoms with Crippen molar-refractivity contribution in [1.29, 1.82) is 5.26 Å². The molecule has 0 bridgehead atoms. The number of benzene rings is 1. The molecular formula is C20H27N3O5S. The smallest absolute Gasteiger partial charge is 0.338 e. The van der Waals surface area contributed by atoms with E-state index < -0.39 is 34.0 Å². The largest absolute Gasteiger partial charge is 0.452 e. The fourth-order valence-electron chi connectivity index (χ4n) is 3.41. The van der Waals surface area contributed by atoms with Gasteiger partial charge in [-0.2, -0.15) is 9.57 Å². The molecule has 1 aliphatic rings. The van der Waals surface area contributed by atoms with Gasteiger partial charge in [0.15, 0.2) is 6.61 Å². The molecule has 0 saturated heterocycles. The van der Waals surface area contributed by atoms with Crippen molar-refractivity contribution in [3.63, 3.8) is 0 Å². The van der Waals surface area contributed by atoms with Crippen LogP contribution in [-0.2, 0) is 19.6 Å². The Labute approximate surface area is 171 Å². The van der Waals surface area contributed by atoms with Gasteiger partial charge in [0.2, 0.25) is 10.0 Å². The highest BCUT2D eigenvalue weighted by Crippen LogP contribution is 2.27. The first-order valence-electron chi connectivity index (χ1n) is 9.77. The number of carbonyl (C=O) groups excluding carboxylic acids is 2. The van der Waals surface area contributed by atoms with Gasteiger partial charge in [0, 0.05) is 13.1 Å². The first-order valence-corrected chi connectivity index (χ1v) is 11.2. The van der Waals surface area contributed by atoms with Crippen molar-refractivity contribution < 1.29 is 22.7 Å². The van der Waals surface area contributed by atoms with E-state index in [4.69, 9.17) is 4.74 Å². The molecule has 1 saturated carbocycles. The number of amides is 1. The first kappa shape index (κ1) is 22.8. The van der Waals surface area contributed by atoms with Crippen LogP contribution in [-0.4, -0.2) is 49.8 Å². The quantitative estimate of drug-likeness (QED) is 0.643. The highest BCUT2D eigenvalue weighted by Gasteiger charge is 2.33. The minimum atomic E-state index is -3.61. The third-order valence-corrected chi connectivity index (χ3v) is 7.13. The lowest BCUT2D eigenvalue weighted by atomic mass is 9.83. The van der Waals surface area contributed by atoms with E-state index in [0.29, 0.717) is 25.9 Å². The summed E-state index contributed by atoms with van der Waals surface area (Å²) in [6.45, 7) is 3.70. The van der Waals surface area contributed by atoms with Gasteiger partial charge in [0.1, 0.15) is 5.54 Å². The second-order valence-corrected chi connectivity index (χ2v) is 8.93. The normalized spacial score (nSPS) is 16.1. The molecule has 9 heteroatoms. The van der Waals surface area contributed by atoms with E-state index in [1.54, 1.807) is 13.8 Å². The van der Waals surface area contributed by atoms with Gasteiger partial charge in [-0.05, 0) is 37.1 Å². The molecule has 0 spiro atoms. The van der Waals surface area contributed by atoms with Crippen LogP contribution in [0, 0.1) is 11.3 Å². The first-order chi connectivity index (χ1) is 13.8. The molecule has 0 aliphatic heterocycles. The summed E-state index contributed by atoms with van der Waals surface area (Å²) >= 11 is 0. The Kier molecular flexibility index (Phi) is 7.76. The highest BCUT2D eigenvalue weighted by molar-refractivity contribution is 7.89. The summed E-state index contributed by atoms with van der Waals surface area (Å²) in [4.78, 5) is 24.4. The summed E-state index contributed by atoms with van der Waals surface area (Å²) < 4.78 is 31.3. The topological polar surface area (TPSA) is 117 Å². The van der Waals surface area contributed by atoms with Crippen LogP contribution >= 0.6 is 0 Å². The average molecular weight is 422 g/mol. The maximum absolute atomic E-state index is 12.5. The Morgan fingerprint density at radius 2 is 1.72 bits per heavy atom. The van der Waals surface area contributed by atoms with E-state index in [9.17, 15) is 23.3 Å². The zero-order chi connectivity index (χ0) is 21.5. The second kappa shape index (κ2) is 9.85. The molecule has 0 aromatic heterocycles. The number of ether oxygens (including phenoxy) is 1. The molecule has 1 fully saturated rings. The Balaban J connectivity index is 1.96. The molecule has 0 radical (unpaired) electrons. The predicted molar refractivity (Wildman–Crippen MR) is 106 cm³/mol. The van der Waals surface area contributed by atoms with Crippen LogP contribution in [0.4, 0.5) is 0 Å². The summed E-state index contributed by atoms with van der Waals surface area (Å²) in [5.74, 6) is -1.26. The lowest BCUT2D eigenvalue weighted by Gasteiger charge is -2.31. The van der Waals surface area contributed by atoms with Crippen molar-refractivity contribution in [2.45, 2.75) is 56.4 Å². The number of nitrogens with one attached hydrogen (secondary N) is 1. The molecule has 1 aromatic carbocycles. The third kappa shape index (κ3) is 5.55. The molecule has 29 heavy (non-hydrogen) atoms. The van der Waals surface area contributed by atoms with Gasteiger partial charge in [-0.1, -0.05) is 33.1 Å². The Morgan fingerprint density at radius 1 is 1.14 bits per heavy atom. The fourth-order valence-corrected chi connectivity index (χ4v) is 4.87. The van der Waals surface area contributed by atoms with Crippen LogP contribution in [0.3, 0.4) is 0 Å². The van der Waals surface area contributed by atoms with Crippen LogP contribution < -0.4 is 5.32 Å². The molecule has 0 unspecified atom stereocenters. The van der Waals surface area contributed by atoms with Crippen LogP contribution in [0.15, 0.2) is 29.2 Å². The van der Waals surface area contributed by atoms with Gasteiger partial charge in [0.25, 0.3) is 5.91 Å². The molecule has 1 aliphatic carbocycles. The summed E-state index contributed by atoms with van der Waals surface area (Å²) in [6.07, 6.45) is 3.96. The lowest BCUT2D eigenvalue weighted by Crippen LogP contribution is -2.50. The number of hydrogen-bond donors (Lipinski definition) is 1. The summed E-state index contributed by atoms with van der Waals surface area (Å²) in [5, 5.41) is 12.1. The van der Waals surface area contributed by atoms with E-state index in [1.807, 2.05) is 0 Å². The second-order valence-electron chi connectivity index (χ2n) is 6.99. The van der Waals surface area contributed by atoms with E-state index in [1.165, 1.54) is 28.6 Å². The lowest BCUT2D eigenvalue weighted by molar-refractivity contribution is -0.125. The van der Waals surface area contributed by atoms with Gasteiger partial charge in [0.05, 0.1) is 16.5 Å². The van der Waals surface area contributed by atoms with Gasteiger partial charge in [-0.25, -0.2) is 13.2 Å². The molecule has 0 atom stereocenters. The third-order valence-electron chi connectivity index (χ3n) is 5.07. The number of rotatable bonds is 8. The zero-order valence-electron chi connectivity index (χ0n) is 16.8. The fraction of sp³-hybridized carbons (Fsp3) is 0.550. The number of nitriles is 1. The van der Waals surface area contributed by atoms with Gasteiger partial charge in [-0.15, -0.1) is 0 Å². The standard InChI is InChI=1S/C20H27N3O5S/c1-3-23(4-2)29(26,27)17-10-8-16(9-11-17)19(25)28-14-18(24)22-20(15-21)12-6-5-7-13-20/h8-11H,3-7,12-14H2,1-2H3,(H,22,24). The maximum Gasteiger partial charge on any atom is 0.338 e. The summed E-state index contributed by atoms with van der Waals surface area (Å²) in [6, 6.07) is 7.57. The maximum atomic E-state index is 12.5. The average Bonchev–Trinajstić information content (AvgIpc) is 2.73. The van der Waals surface area contributed by atoms with E-state index in [0.717, 1.165) is 19.3 Å². The Bertz CT molecular complexity index is 864. The summed E-state index contributed by atoms with van der Waals surface area (Å²) in [7, 11) is -3.61. The van der Waals surface area contributed by atoms with Gasteiger partial charge >= 0.3 is 5.97 Å². The van der Waals surface area contributed by atoms with Crippen molar-refractivity contribution in [3.8, 4) is 6.07 Å². The minimum absolute atomic E-state index is 0.0868. The molecule has 158 valence electrons. The van der Waals surface area contributed by atoms with Crippen molar-refractivity contribution in [3.05, 3.63) is 29.8 Å². The van der Waals surface area contributed by atoms with Crippen molar-refractivity contribution in [2.75, 3.05) is 19.7 Å². The summed E-state index contributed by atoms with van der Waals surface area (Å²) in [5.41, 5.74) is -0.744. The molecule has 1 amide bonds. The molecule has 8 nitrogen and oxygen atoms in total. The molecule has 1 N–H and O–H groups in total. The monoisotopic (exact) mass is 421 g/mol. The predicted octanol–water partition coefficient (Wildman–Crippen LogP) is 2.22. The number of nitrogens with zero attached hydrogens (tertiary/aromatic N) is 2.